The largest absolute Gasteiger partial charge is 0.478 e. The molecule has 110 valence electrons. The first kappa shape index (κ1) is 15.0. The second-order valence-electron chi connectivity index (χ2n) is 4.55. The molecule has 0 spiro atoms. The van der Waals surface area contributed by atoms with Gasteiger partial charge in [0.25, 0.3) is 0 Å². The Labute approximate surface area is 140 Å². The first-order chi connectivity index (χ1) is 10.5. The van der Waals surface area contributed by atoms with Gasteiger partial charge >= 0.3 is 5.97 Å². The van der Waals surface area contributed by atoms with Crippen LogP contribution in [0.1, 0.15) is 10.4 Å². The van der Waals surface area contributed by atoms with Crippen molar-refractivity contribution in [1.29, 1.82) is 0 Å². The van der Waals surface area contributed by atoms with Crippen molar-refractivity contribution >= 4 is 40.5 Å². The number of rotatable bonds is 3. The SMILES string of the molecule is O=C(O)c1cccc(-c2nc(-c3ccc(Cl)c(Cl)c3)cs2)c1. The Balaban J connectivity index is 1.98. The molecule has 0 aliphatic heterocycles. The van der Waals surface area contributed by atoms with Crippen molar-refractivity contribution in [3.63, 3.8) is 0 Å². The minimum atomic E-state index is -0.955. The summed E-state index contributed by atoms with van der Waals surface area (Å²) < 4.78 is 0. The van der Waals surface area contributed by atoms with Gasteiger partial charge in [0, 0.05) is 16.5 Å². The molecule has 0 radical (unpaired) electrons. The summed E-state index contributed by atoms with van der Waals surface area (Å²) in [5.74, 6) is -0.955. The topological polar surface area (TPSA) is 50.2 Å². The number of nitrogens with zero attached hydrogens (tertiary/aromatic N) is 1. The van der Waals surface area contributed by atoms with Crippen molar-refractivity contribution in [2.24, 2.45) is 0 Å². The second kappa shape index (κ2) is 6.08. The van der Waals surface area contributed by atoms with Crippen LogP contribution in [0.3, 0.4) is 0 Å². The molecule has 0 aliphatic carbocycles. The van der Waals surface area contributed by atoms with Crippen LogP contribution in [0.5, 0.6) is 0 Å². The summed E-state index contributed by atoms with van der Waals surface area (Å²) in [6, 6.07) is 12.0. The molecule has 3 nitrogen and oxygen atoms in total. The lowest BCUT2D eigenvalue weighted by Crippen LogP contribution is -1.95. The van der Waals surface area contributed by atoms with Crippen molar-refractivity contribution in [3.05, 3.63) is 63.5 Å². The van der Waals surface area contributed by atoms with Crippen molar-refractivity contribution in [2.75, 3.05) is 0 Å². The molecule has 3 aromatic rings. The van der Waals surface area contributed by atoms with Crippen LogP contribution in [-0.2, 0) is 0 Å². The number of halogens is 2. The highest BCUT2D eigenvalue weighted by Gasteiger charge is 2.10. The second-order valence-corrected chi connectivity index (χ2v) is 6.23. The maximum Gasteiger partial charge on any atom is 0.335 e. The van der Waals surface area contributed by atoms with Gasteiger partial charge < -0.3 is 5.11 Å². The Kier molecular flexibility index (Phi) is 4.16. The summed E-state index contributed by atoms with van der Waals surface area (Å²) >= 11 is 13.4. The molecule has 0 bridgehead atoms. The van der Waals surface area contributed by atoms with E-state index in [0.29, 0.717) is 10.0 Å². The van der Waals surface area contributed by atoms with Crippen LogP contribution in [0.25, 0.3) is 21.8 Å². The van der Waals surface area contributed by atoms with Crippen molar-refractivity contribution in [1.82, 2.24) is 4.98 Å². The van der Waals surface area contributed by atoms with Gasteiger partial charge in [-0.2, -0.15) is 0 Å². The smallest absolute Gasteiger partial charge is 0.335 e. The Morgan fingerprint density at radius 2 is 1.86 bits per heavy atom. The summed E-state index contributed by atoms with van der Waals surface area (Å²) in [6.07, 6.45) is 0. The lowest BCUT2D eigenvalue weighted by Gasteiger charge is -2.00. The highest BCUT2D eigenvalue weighted by atomic mass is 35.5. The van der Waals surface area contributed by atoms with E-state index in [4.69, 9.17) is 28.3 Å². The maximum atomic E-state index is 11.0. The molecule has 0 aliphatic rings. The summed E-state index contributed by atoms with van der Waals surface area (Å²) in [5, 5.41) is 12.7. The van der Waals surface area contributed by atoms with E-state index in [1.807, 2.05) is 17.5 Å². The van der Waals surface area contributed by atoms with Gasteiger partial charge in [0.05, 0.1) is 21.3 Å². The van der Waals surface area contributed by atoms with E-state index < -0.39 is 5.97 Å². The zero-order valence-corrected chi connectivity index (χ0v) is 13.4. The molecule has 3 rings (SSSR count). The average Bonchev–Trinajstić information content (AvgIpc) is 3.00. The van der Waals surface area contributed by atoms with Crippen LogP contribution in [0.2, 0.25) is 10.0 Å². The van der Waals surface area contributed by atoms with Gasteiger partial charge in [0.15, 0.2) is 0 Å². The Morgan fingerprint density at radius 1 is 1.05 bits per heavy atom. The molecule has 1 heterocycles. The molecular weight excluding hydrogens is 341 g/mol. The molecule has 2 aromatic carbocycles. The number of hydrogen-bond acceptors (Lipinski definition) is 3. The molecule has 0 unspecified atom stereocenters. The Morgan fingerprint density at radius 3 is 2.59 bits per heavy atom. The third-order valence-electron chi connectivity index (χ3n) is 3.08. The number of aromatic nitrogens is 1. The molecule has 0 amide bonds. The van der Waals surface area contributed by atoms with E-state index in [2.05, 4.69) is 4.98 Å². The van der Waals surface area contributed by atoms with E-state index in [9.17, 15) is 4.79 Å². The van der Waals surface area contributed by atoms with Gasteiger partial charge in [-0.25, -0.2) is 9.78 Å². The normalized spacial score (nSPS) is 10.6. The number of aromatic carboxylic acids is 1. The monoisotopic (exact) mass is 349 g/mol. The molecule has 0 saturated heterocycles. The number of thiazole rings is 1. The van der Waals surface area contributed by atoms with Gasteiger partial charge in [-0.3, -0.25) is 0 Å². The molecule has 0 fully saturated rings. The minimum absolute atomic E-state index is 0.240. The third-order valence-corrected chi connectivity index (χ3v) is 4.71. The fourth-order valence-electron chi connectivity index (χ4n) is 1.98. The third kappa shape index (κ3) is 2.99. The van der Waals surface area contributed by atoms with Gasteiger partial charge in [-0.1, -0.05) is 41.4 Å². The summed E-state index contributed by atoms with van der Waals surface area (Å²) in [7, 11) is 0. The first-order valence-electron chi connectivity index (χ1n) is 6.29. The van der Waals surface area contributed by atoms with E-state index in [1.165, 1.54) is 11.3 Å². The van der Waals surface area contributed by atoms with Crippen LogP contribution < -0.4 is 0 Å². The zero-order valence-electron chi connectivity index (χ0n) is 11.1. The lowest BCUT2D eigenvalue weighted by atomic mass is 10.1. The molecule has 1 aromatic heterocycles. The zero-order chi connectivity index (χ0) is 15.7. The number of carbonyl (C=O) groups is 1. The van der Waals surface area contributed by atoms with E-state index in [0.717, 1.165) is 21.8 Å². The molecule has 0 atom stereocenters. The first-order valence-corrected chi connectivity index (χ1v) is 7.93. The number of carboxylic acids is 1. The standard InChI is InChI=1S/C16H9Cl2NO2S/c17-12-5-4-9(7-13(12)18)14-8-22-15(19-14)10-2-1-3-11(6-10)16(20)21/h1-8H,(H,20,21). The highest BCUT2D eigenvalue weighted by Crippen LogP contribution is 2.32. The van der Waals surface area contributed by atoms with Crippen LogP contribution in [0.4, 0.5) is 0 Å². The fraction of sp³-hybridized carbons (Fsp3) is 0. The van der Waals surface area contributed by atoms with Crippen LogP contribution >= 0.6 is 34.5 Å². The fourth-order valence-corrected chi connectivity index (χ4v) is 3.10. The molecule has 6 heteroatoms. The average molecular weight is 350 g/mol. The molecule has 1 N–H and O–H groups in total. The number of benzene rings is 2. The Bertz CT molecular complexity index is 861. The van der Waals surface area contributed by atoms with Gasteiger partial charge in [0.1, 0.15) is 5.01 Å². The summed E-state index contributed by atoms with van der Waals surface area (Å²) in [5.41, 5.74) is 2.66. The predicted octanol–water partition coefficient (Wildman–Crippen LogP) is 5.48. The van der Waals surface area contributed by atoms with Gasteiger partial charge in [-0.15, -0.1) is 11.3 Å². The highest BCUT2D eigenvalue weighted by molar-refractivity contribution is 7.13. The number of hydrogen-bond donors (Lipinski definition) is 1. The van der Waals surface area contributed by atoms with Crippen LogP contribution in [0, 0.1) is 0 Å². The lowest BCUT2D eigenvalue weighted by molar-refractivity contribution is 0.0697. The molecule has 22 heavy (non-hydrogen) atoms. The molecular formula is C16H9Cl2NO2S. The van der Waals surface area contributed by atoms with E-state index >= 15 is 0 Å². The van der Waals surface area contributed by atoms with Crippen molar-refractivity contribution in [3.8, 4) is 21.8 Å². The predicted molar refractivity (Wildman–Crippen MR) is 90.0 cm³/mol. The summed E-state index contributed by atoms with van der Waals surface area (Å²) in [6.45, 7) is 0. The van der Waals surface area contributed by atoms with Gasteiger partial charge in [-0.05, 0) is 24.3 Å². The maximum absolute atomic E-state index is 11.0. The summed E-state index contributed by atoms with van der Waals surface area (Å²) in [4.78, 5) is 15.6. The van der Waals surface area contributed by atoms with Crippen LogP contribution in [-0.4, -0.2) is 16.1 Å². The molecule has 0 saturated carbocycles. The van der Waals surface area contributed by atoms with Crippen molar-refractivity contribution in [2.45, 2.75) is 0 Å². The van der Waals surface area contributed by atoms with E-state index in [-0.39, 0.29) is 5.56 Å². The minimum Gasteiger partial charge on any atom is -0.478 e. The Hall–Kier alpha value is -1.88. The van der Waals surface area contributed by atoms with Crippen LogP contribution in [0.15, 0.2) is 47.8 Å². The number of carboxylic acid groups (broad SMARTS) is 1. The quantitative estimate of drug-likeness (QED) is 0.680. The van der Waals surface area contributed by atoms with E-state index in [1.54, 1.807) is 30.3 Å². The van der Waals surface area contributed by atoms with Crippen molar-refractivity contribution < 1.29 is 9.90 Å². The van der Waals surface area contributed by atoms with Gasteiger partial charge in [0.2, 0.25) is 0 Å².